The third-order valence-electron chi connectivity index (χ3n) is 3.40. The van der Waals surface area contributed by atoms with Crippen LogP contribution in [0.5, 0.6) is 0 Å². The van der Waals surface area contributed by atoms with Crippen LogP contribution >= 0.6 is 0 Å². The minimum atomic E-state index is -4.65. The van der Waals surface area contributed by atoms with Crippen LogP contribution < -0.4 is 11.1 Å². The van der Waals surface area contributed by atoms with Crippen LogP contribution in [0.15, 0.2) is 28.4 Å². The highest BCUT2D eigenvalue weighted by Gasteiger charge is 2.33. The molecule has 0 spiro atoms. The highest BCUT2D eigenvalue weighted by Crippen LogP contribution is 2.29. The first-order valence-corrected chi connectivity index (χ1v) is 7.48. The Morgan fingerprint density at radius 3 is 2.74 bits per heavy atom. The van der Waals surface area contributed by atoms with Crippen molar-refractivity contribution in [2.75, 3.05) is 13.6 Å². The number of pyridine rings is 1. The van der Waals surface area contributed by atoms with Gasteiger partial charge in [0.2, 0.25) is 0 Å². The fraction of sp³-hybridized carbons (Fsp3) is 0.312. The van der Waals surface area contributed by atoms with Crippen LogP contribution in [-0.2, 0) is 6.18 Å². The van der Waals surface area contributed by atoms with Crippen molar-refractivity contribution in [1.29, 1.82) is 5.41 Å². The molecule has 144 valence electrons. The second kappa shape index (κ2) is 9.33. The summed E-state index contributed by atoms with van der Waals surface area (Å²) in [7, 11) is 1.41. The van der Waals surface area contributed by atoms with Crippen LogP contribution in [0.25, 0.3) is 0 Å². The summed E-state index contributed by atoms with van der Waals surface area (Å²) >= 11 is 0. The van der Waals surface area contributed by atoms with E-state index in [9.17, 15) is 18.0 Å². The van der Waals surface area contributed by atoms with E-state index >= 15 is 0 Å². The molecule has 8 nitrogen and oxygen atoms in total. The van der Waals surface area contributed by atoms with Gasteiger partial charge in [-0.3, -0.25) is 20.2 Å². The summed E-state index contributed by atoms with van der Waals surface area (Å²) < 4.78 is 38.6. The lowest BCUT2D eigenvalue weighted by Gasteiger charge is -2.28. The van der Waals surface area contributed by atoms with E-state index in [1.165, 1.54) is 14.0 Å². The Balaban J connectivity index is 3.27. The largest absolute Gasteiger partial charge is 0.417 e. The van der Waals surface area contributed by atoms with Crippen molar-refractivity contribution in [2.45, 2.75) is 19.1 Å². The van der Waals surface area contributed by atoms with Gasteiger partial charge in [0, 0.05) is 19.4 Å². The highest BCUT2D eigenvalue weighted by molar-refractivity contribution is 6.06. The number of nitrogens with zero attached hydrogens (tertiary/aromatic N) is 4. The summed E-state index contributed by atoms with van der Waals surface area (Å²) in [4.78, 5) is 24.8. The summed E-state index contributed by atoms with van der Waals surface area (Å²) in [6.07, 6.45) is 2.99. The predicted molar refractivity (Wildman–Crippen MR) is 95.5 cm³/mol. The van der Waals surface area contributed by atoms with Crippen LogP contribution in [0.2, 0.25) is 0 Å². The maximum Gasteiger partial charge on any atom is 0.417 e. The minimum Gasteiger partial charge on any atom is -0.370 e. The van der Waals surface area contributed by atoms with Gasteiger partial charge in [-0.15, -0.1) is 6.42 Å². The molecule has 1 heterocycles. The number of aromatic nitrogens is 1. The zero-order valence-electron chi connectivity index (χ0n) is 14.6. The molecule has 0 saturated heterocycles. The number of aliphatic imine (C=N–C) groups is 2. The van der Waals surface area contributed by atoms with E-state index in [4.69, 9.17) is 17.6 Å². The third-order valence-corrected chi connectivity index (χ3v) is 3.40. The van der Waals surface area contributed by atoms with Crippen LogP contribution in [0, 0.1) is 17.8 Å². The molecule has 0 aliphatic heterocycles. The van der Waals surface area contributed by atoms with Crippen LogP contribution in [0.3, 0.4) is 0 Å². The number of nitrogens with one attached hydrogen (secondary N) is 2. The molecule has 4 N–H and O–H groups in total. The number of alkyl halides is 3. The first-order valence-electron chi connectivity index (χ1n) is 7.48. The van der Waals surface area contributed by atoms with Crippen molar-refractivity contribution < 1.29 is 18.0 Å². The maximum atomic E-state index is 12.9. The van der Waals surface area contributed by atoms with E-state index in [1.807, 2.05) is 0 Å². The maximum absolute atomic E-state index is 12.9. The van der Waals surface area contributed by atoms with Gasteiger partial charge >= 0.3 is 6.18 Å². The van der Waals surface area contributed by atoms with Crippen molar-refractivity contribution in [3.8, 4) is 12.3 Å². The Morgan fingerprint density at radius 1 is 1.56 bits per heavy atom. The lowest BCUT2D eigenvalue weighted by molar-refractivity contribution is -0.137. The average molecular weight is 381 g/mol. The fourth-order valence-electron chi connectivity index (χ4n) is 2.01. The van der Waals surface area contributed by atoms with Crippen LogP contribution in [0.4, 0.5) is 13.2 Å². The molecule has 1 atom stereocenters. The Hall–Kier alpha value is -3.42. The molecule has 0 unspecified atom stereocenters. The number of terminal acetylenes is 1. The van der Waals surface area contributed by atoms with Gasteiger partial charge in [0.15, 0.2) is 5.96 Å². The number of rotatable bonds is 5. The lowest BCUT2D eigenvalue weighted by atomic mass is 10.1. The number of halogens is 3. The molecule has 0 fully saturated rings. The van der Waals surface area contributed by atoms with Crippen molar-refractivity contribution in [3.63, 3.8) is 0 Å². The number of hydrogen-bond donors (Lipinski definition) is 3. The molecule has 11 heteroatoms. The molecule has 1 amide bonds. The smallest absolute Gasteiger partial charge is 0.370 e. The van der Waals surface area contributed by atoms with Crippen molar-refractivity contribution in [2.24, 2.45) is 15.7 Å². The zero-order valence-corrected chi connectivity index (χ0v) is 14.6. The second-order valence-corrected chi connectivity index (χ2v) is 5.15. The van der Waals surface area contributed by atoms with Gasteiger partial charge in [-0.2, -0.15) is 13.2 Å². The SMILES string of the molecule is C#CCN(C(=O)c1cncc(C(F)(F)F)c1)[C@@H](C)/C(=N/C=N)N/C(N)=N/C. The topological polar surface area (TPSA) is 120 Å². The van der Waals surface area contributed by atoms with E-state index < -0.39 is 23.7 Å². The molecule has 0 aliphatic carbocycles. The predicted octanol–water partition coefficient (Wildman–Crippen LogP) is 1.10. The Kier molecular flexibility index (Phi) is 7.47. The lowest BCUT2D eigenvalue weighted by Crippen LogP contribution is -2.51. The van der Waals surface area contributed by atoms with E-state index in [0.29, 0.717) is 18.6 Å². The Labute approximate surface area is 153 Å². The molecule has 27 heavy (non-hydrogen) atoms. The van der Waals surface area contributed by atoms with Gasteiger partial charge in [0.05, 0.1) is 23.7 Å². The fourth-order valence-corrected chi connectivity index (χ4v) is 2.01. The molecule has 1 aromatic rings. The Bertz CT molecular complexity index is 796. The van der Waals surface area contributed by atoms with E-state index in [2.05, 4.69) is 26.2 Å². The second-order valence-electron chi connectivity index (χ2n) is 5.15. The normalized spacial score (nSPS) is 13.5. The van der Waals surface area contributed by atoms with Gasteiger partial charge in [-0.05, 0) is 13.0 Å². The van der Waals surface area contributed by atoms with E-state index in [0.717, 1.165) is 11.1 Å². The van der Waals surface area contributed by atoms with Crippen molar-refractivity contribution in [1.82, 2.24) is 15.2 Å². The minimum absolute atomic E-state index is 0.0312. The average Bonchev–Trinajstić information content (AvgIpc) is 2.64. The molecule has 1 rings (SSSR count). The van der Waals surface area contributed by atoms with Gasteiger partial charge in [0.1, 0.15) is 12.2 Å². The Morgan fingerprint density at radius 2 is 2.22 bits per heavy atom. The van der Waals surface area contributed by atoms with E-state index in [-0.39, 0.29) is 23.9 Å². The van der Waals surface area contributed by atoms with E-state index in [1.54, 1.807) is 0 Å². The van der Waals surface area contributed by atoms with Gasteiger partial charge in [-0.25, -0.2) is 4.99 Å². The molecule has 1 aromatic heterocycles. The highest BCUT2D eigenvalue weighted by atomic mass is 19.4. The van der Waals surface area contributed by atoms with Crippen LogP contribution in [-0.4, -0.2) is 53.6 Å². The quantitative estimate of drug-likeness (QED) is 0.402. The number of hydrogen-bond acceptors (Lipinski definition) is 4. The number of nitrogens with two attached hydrogens (primary N) is 1. The van der Waals surface area contributed by atoms with Crippen LogP contribution in [0.1, 0.15) is 22.8 Å². The summed E-state index contributed by atoms with van der Waals surface area (Å²) in [6, 6.07) is -0.154. The van der Waals surface area contributed by atoms with Gasteiger partial charge in [0.25, 0.3) is 5.91 Å². The number of guanidine groups is 1. The summed E-state index contributed by atoms with van der Waals surface area (Å²) in [6.45, 7) is 1.30. The summed E-state index contributed by atoms with van der Waals surface area (Å²) in [5.74, 6) is 1.52. The molecule has 0 aliphatic rings. The number of amidine groups is 1. The molecule has 0 aromatic carbocycles. The van der Waals surface area contributed by atoms with Gasteiger partial charge in [-0.1, -0.05) is 5.92 Å². The molecular weight excluding hydrogens is 363 g/mol. The van der Waals surface area contributed by atoms with Crippen molar-refractivity contribution >= 4 is 24.0 Å². The molecular formula is C16H18F3N7O. The summed E-state index contributed by atoms with van der Waals surface area (Å²) in [5.41, 5.74) is 4.22. The standard InChI is InChI=1S/C16H18F3N7O/c1-4-5-26(10(2)13(24-9-20)25-15(21)22-3)14(27)11-6-12(8-23-7-11)16(17,18)19/h1,6-10H,5H2,2-3H3,(H4,20,21,22,24,25)/t10-/m0/s1. The third kappa shape index (κ3) is 5.81. The molecule has 0 radical (unpaired) electrons. The number of amides is 1. The number of carbonyl (C=O) groups excluding carboxylic acids is 1. The molecule has 0 saturated carbocycles. The first kappa shape index (κ1) is 21.6. The molecule has 0 bridgehead atoms. The van der Waals surface area contributed by atoms with Gasteiger partial charge < -0.3 is 16.0 Å². The zero-order chi connectivity index (χ0) is 20.6. The monoisotopic (exact) mass is 381 g/mol. The van der Waals surface area contributed by atoms with Crippen molar-refractivity contribution in [3.05, 3.63) is 29.6 Å². The number of carbonyl (C=O) groups is 1. The summed E-state index contributed by atoms with van der Waals surface area (Å²) in [5, 5.41) is 9.74. The first-order chi connectivity index (χ1) is 12.6.